The minimum Gasteiger partial charge on any atom is -0.456 e. The van der Waals surface area contributed by atoms with Crippen molar-refractivity contribution < 1.29 is 9.15 Å². The molecule has 0 unspecified atom stereocenters. The number of fused-ring (bicyclic) bond motifs is 4. The molecular formula is C26H25ClN2O2. The molecule has 3 aromatic heterocycles. The van der Waals surface area contributed by atoms with E-state index in [9.17, 15) is 0 Å². The lowest BCUT2D eigenvalue weighted by molar-refractivity contribution is 0.466. The monoisotopic (exact) mass is 432 g/mol. The highest BCUT2D eigenvalue weighted by atomic mass is 35.5. The van der Waals surface area contributed by atoms with E-state index >= 15 is 0 Å². The SMILES string of the molecule is CC(C)=CCn1c(C)c(C)c2ccnc(Oc3ccc4oc5ccccc5c4c3)c21.Cl. The van der Waals surface area contributed by atoms with Crippen LogP contribution >= 0.6 is 12.4 Å². The van der Waals surface area contributed by atoms with Crippen LogP contribution in [0.5, 0.6) is 11.6 Å². The van der Waals surface area contributed by atoms with E-state index < -0.39 is 0 Å². The molecule has 0 N–H and O–H groups in total. The quantitative estimate of drug-likeness (QED) is 0.273. The van der Waals surface area contributed by atoms with E-state index in [4.69, 9.17) is 9.15 Å². The molecule has 0 aliphatic carbocycles. The number of halogens is 1. The third-order valence-corrected chi connectivity index (χ3v) is 5.76. The van der Waals surface area contributed by atoms with Gasteiger partial charge in [-0.05, 0) is 63.6 Å². The maximum atomic E-state index is 6.34. The fourth-order valence-electron chi connectivity index (χ4n) is 4.02. The second-order valence-corrected chi connectivity index (χ2v) is 7.97. The zero-order valence-corrected chi connectivity index (χ0v) is 18.9. The van der Waals surface area contributed by atoms with Gasteiger partial charge in [0.1, 0.15) is 22.4 Å². The fourth-order valence-corrected chi connectivity index (χ4v) is 4.02. The predicted octanol–water partition coefficient (Wildman–Crippen LogP) is 7.73. The highest BCUT2D eigenvalue weighted by Gasteiger charge is 2.17. The summed E-state index contributed by atoms with van der Waals surface area (Å²) >= 11 is 0. The van der Waals surface area contributed by atoms with Crippen LogP contribution in [-0.2, 0) is 6.54 Å². The molecule has 0 amide bonds. The number of benzene rings is 2. The van der Waals surface area contributed by atoms with Gasteiger partial charge in [0.05, 0.1) is 0 Å². The standard InChI is InChI=1S/C26H24N2O2.ClH/c1-16(2)12-14-28-18(4)17(3)20-11-13-27-26(25(20)28)29-19-9-10-24-22(15-19)21-7-5-6-8-23(21)30-24;/h5-13,15H,14H2,1-4H3;1H. The third kappa shape index (κ3) is 3.57. The lowest BCUT2D eigenvalue weighted by atomic mass is 10.1. The number of allylic oxidation sites excluding steroid dienone is 2. The summed E-state index contributed by atoms with van der Waals surface area (Å²) in [5, 5.41) is 3.31. The first-order chi connectivity index (χ1) is 14.5. The van der Waals surface area contributed by atoms with Crippen molar-refractivity contribution in [3.63, 3.8) is 0 Å². The Bertz CT molecular complexity index is 1440. The van der Waals surface area contributed by atoms with Crippen LogP contribution in [0.1, 0.15) is 25.1 Å². The Kier molecular flexibility index (Phi) is 5.50. The van der Waals surface area contributed by atoms with Crippen molar-refractivity contribution in [2.24, 2.45) is 0 Å². The van der Waals surface area contributed by atoms with Gasteiger partial charge in [-0.15, -0.1) is 12.4 Å². The maximum Gasteiger partial charge on any atom is 0.244 e. The molecule has 0 atom stereocenters. The number of rotatable bonds is 4. The number of pyridine rings is 1. The van der Waals surface area contributed by atoms with Gasteiger partial charge in [0.15, 0.2) is 0 Å². The molecule has 0 bridgehead atoms. The van der Waals surface area contributed by atoms with Crippen LogP contribution in [0.15, 0.2) is 70.8 Å². The predicted molar refractivity (Wildman–Crippen MR) is 130 cm³/mol. The van der Waals surface area contributed by atoms with Crippen LogP contribution in [0.4, 0.5) is 0 Å². The third-order valence-electron chi connectivity index (χ3n) is 5.76. The topological polar surface area (TPSA) is 40.2 Å². The molecule has 0 spiro atoms. The van der Waals surface area contributed by atoms with Gasteiger partial charge in [-0.2, -0.15) is 0 Å². The molecule has 0 saturated carbocycles. The molecule has 4 nitrogen and oxygen atoms in total. The minimum absolute atomic E-state index is 0. The molecule has 3 heterocycles. The van der Waals surface area contributed by atoms with Gasteiger partial charge < -0.3 is 13.7 Å². The van der Waals surface area contributed by atoms with Crippen molar-refractivity contribution in [1.29, 1.82) is 0 Å². The molecule has 0 aliphatic rings. The molecule has 0 fully saturated rings. The number of para-hydroxylation sites is 1. The van der Waals surface area contributed by atoms with Gasteiger partial charge >= 0.3 is 0 Å². The lowest BCUT2D eigenvalue weighted by Gasteiger charge is -2.10. The Balaban J connectivity index is 0.00000231. The summed E-state index contributed by atoms with van der Waals surface area (Å²) in [6.45, 7) is 9.35. The number of ether oxygens (including phenoxy) is 1. The van der Waals surface area contributed by atoms with E-state index in [1.54, 1.807) is 0 Å². The first kappa shape index (κ1) is 21.0. The highest BCUT2D eigenvalue weighted by molar-refractivity contribution is 6.05. The molecule has 158 valence electrons. The molecule has 0 saturated heterocycles. The Morgan fingerprint density at radius 1 is 1.00 bits per heavy atom. The maximum absolute atomic E-state index is 6.34. The Labute approximate surface area is 187 Å². The first-order valence-corrected chi connectivity index (χ1v) is 10.2. The fraction of sp³-hybridized carbons (Fsp3) is 0.192. The zero-order chi connectivity index (χ0) is 20.8. The second-order valence-electron chi connectivity index (χ2n) is 7.97. The summed E-state index contributed by atoms with van der Waals surface area (Å²) in [4.78, 5) is 4.59. The summed E-state index contributed by atoms with van der Waals surface area (Å²) in [6, 6.07) is 16.1. The smallest absolute Gasteiger partial charge is 0.244 e. The van der Waals surface area contributed by atoms with Crippen LogP contribution in [-0.4, -0.2) is 9.55 Å². The van der Waals surface area contributed by atoms with Crippen LogP contribution in [0, 0.1) is 13.8 Å². The van der Waals surface area contributed by atoms with Gasteiger partial charge in [0.2, 0.25) is 5.88 Å². The normalized spacial score (nSPS) is 11.1. The van der Waals surface area contributed by atoms with Crippen molar-refractivity contribution in [2.75, 3.05) is 0 Å². The number of hydrogen-bond acceptors (Lipinski definition) is 3. The molecule has 0 aliphatic heterocycles. The summed E-state index contributed by atoms with van der Waals surface area (Å²) in [7, 11) is 0. The number of nitrogens with zero attached hydrogens (tertiary/aromatic N) is 2. The van der Waals surface area contributed by atoms with Crippen molar-refractivity contribution in [3.05, 3.63) is 77.6 Å². The van der Waals surface area contributed by atoms with Crippen molar-refractivity contribution >= 4 is 45.2 Å². The molecule has 31 heavy (non-hydrogen) atoms. The minimum atomic E-state index is 0. The van der Waals surface area contributed by atoms with Crippen LogP contribution < -0.4 is 4.74 Å². The van der Waals surface area contributed by atoms with Crippen molar-refractivity contribution in [1.82, 2.24) is 9.55 Å². The Morgan fingerprint density at radius 2 is 1.77 bits per heavy atom. The van der Waals surface area contributed by atoms with E-state index in [-0.39, 0.29) is 12.4 Å². The van der Waals surface area contributed by atoms with E-state index in [0.29, 0.717) is 5.88 Å². The van der Waals surface area contributed by atoms with Gasteiger partial charge in [-0.1, -0.05) is 29.8 Å². The van der Waals surface area contributed by atoms with Crippen molar-refractivity contribution in [2.45, 2.75) is 34.2 Å². The number of hydrogen-bond donors (Lipinski definition) is 0. The van der Waals surface area contributed by atoms with Gasteiger partial charge in [-0.25, -0.2) is 4.98 Å². The summed E-state index contributed by atoms with van der Waals surface area (Å²) in [5.41, 5.74) is 6.55. The van der Waals surface area contributed by atoms with Gasteiger partial charge in [0.25, 0.3) is 0 Å². The molecule has 2 aromatic carbocycles. The summed E-state index contributed by atoms with van der Waals surface area (Å²) < 4.78 is 14.6. The first-order valence-electron chi connectivity index (χ1n) is 10.2. The Hall–Kier alpha value is -3.24. The number of aryl methyl sites for hydroxylation is 1. The molecule has 5 heteroatoms. The highest BCUT2D eigenvalue weighted by Crippen LogP contribution is 2.36. The molecular weight excluding hydrogens is 408 g/mol. The van der Waals surface area contributed by atoms with E-state index in [0.717, 1.165) is 39.7 Å². The van der Waals surface area contributed by atoms with E-state index in [1.165, 1.54) is 22.2 Å². The summed E-state index contributed by atoms with van der Waals surface area (Å²) in [6.07, 6.45) is 4.05. The lowest BCUT2D eigenvalue weighted by Crippen LogP contribution is -2.00. The average molecular weight is 433 g/mol. The largest absolute Gasteiger partial charge is 0.456 e. The van der Waals surface area contributed by atoms with Gasteiger partial charge in [-0.3, -0.25) is 0 Å². The van der Waals surface area contributed by atoms with Crippen molar-refractivity contribution in [3.8, 4) is 11.6 Å². The second kappa shape index (κ2) is 8.12. The molecule has 0 radical (unpaired) electrons. The molecule has 5 aromatic rings. The summed E-state index contributed by atoms with van der Waals surface area (Å²) in [5.74, 6) is 1.37. The van der Waals surface area contributed by atoms with Gasteiger partial charge in [0, 0.05) is 34.6 Å². The molecule has 5 rings (SSSR count). The Morgan fingerprint density at radius 3 is 2.58 bits per heavy atom. The van der Waals surface area contributed by atoms with E-state index in [2.05, 4.69) is 55.5 Å². The van der Waals surface area contributed by atoms with Crippen LogP contribution in [0.3, 0.4) is 0 Å². The zero-order valence-electron chi connectivity index (χ0n) is 18.1. The van der Waals surface area contributed by atoms with Crippen LogP contribution in [0.2, 0.25) is 0 Å². The van der Waals surface area contributed by atoms with E-state index in [1.807, 2.05) is 42.6 Å². The number of aromatic nitrogens is 2. The number of furan rings is 1. The average Bonchev–Trinajstić information content (AvgIpc) is 3.23. The van der Waals surface area contributed by atoms with Crippen LogP contribution in [0.25, 0.3) is 32.8 Å².